The van der Waals surface area contributed by atoms with Crippen molar-refractivity contribution in [2.75, 3.05) is 13.7 Å². The molecule has 0 unspecified atom stereocenters. The van der Waals surface area contributed by atoms with Crippen LogP contribution in [-0.4, -0.2) is 24.6 Å². The molecular weight excluding hydrogens is 372 g/mol. The summed E-state index contributed by atoms with van der Waals surface area (Å²) in [5, 5.41) is 5.81. The van der Waals surface area contributed by atoms with Crippen molar-refractivity contribution < 1.29 is 14.3 Å². The molecule has 3 rings (SSSR count). The monoisotopic (exact) mass is 396 g/mol. The van der Waals surface area contributed by atoms with Crippen molar-refractivity contribution in [2.45, 2.75) is 26.3 Å². The lowest BCUT2D eigenvalue weighted by atomic mass is 10.2. The number of carbonyl (C=O) groups excluding carboxylic acids is 1. The third-order valence-electron chi connectivity index (χ3n) is 4.21. The first-order valence-corrected chi connectivity index (χ1v) is 10.2. The number of nitrogens with zero attached hydrogens (tertiary/aromatic N) is 1. The second-order valence-electron chi connectivity index (χ2n) is 6.25. The fourth-order valence-electron chi connectivity index (χ4n) is 2.63. The first-order valence-electron chi connectivity index (χ1n) is 9.30. The minimum atomic E-state index is -0.161. The van der Waals surface area contributed by atoms with Crippen molar-refractivity contribution in [1.82, 2.24) is 10.3 Å². The zero-order chi connectivity index (χ0) is 19.8. The average molecular weight is 397 g/mol. The first kappa shape index (κ1) is 19.9. The lowest BCUT2D eigenvalue weighted by Gasteiger charge is -2.11. The second kappa shape index (κ2) is 9.90. The van der Waals surface area contributed by atoms with Crippen LogP contribution in [0.2, 0.25) is 0 Å². The van der Waals surface area contributed by atoms with Crippen molar-refractivity contribution in [3.05, 3.63) is 65.2 Å². The normalized spacial score (nSPS) is 10.5. The lowest BCUT2D eigenvalue weighted by molar-refractivity contribution is 0.0946. The minimum Gasteiger partial charge on any atom is -0.497 e. The number of benzene rings is 2. The third kappa shape index (κ3) is 5.10. The highest BCUT2D eigenvalue weighted by atomic mass is 32.1. The maximum atomic E-state index is 12.6. The molecule has 0 aliphatic rings. The van der Waals surface area contributed by atoms with Gasteiger partial charge in [-0.05, 0) is 42.8 Å². The number of nitrogens with one attached hydrogen (secondary N) is 1. The number of hydrogen-bond acceptors (Lipinski definition) is 5. The molecule has 3 aromatic rings. The Kier molecular flexibility index (Phi) is 7.03. The number of amides is 1. The Labute approximate surface area is 169 Å². The summed E-state index contributed by atoms with van der Waals surface area (Å²) in [6, 6.07) is 15.1. The lowest BCUT2D eigenvalue weighted by Crippen LogP contribution is -2.23. The number of para-hydroxylation sites is 1. The van der Waals surface area contributed by atoms with Gasteiger partial charge in [-0.25, -0.2) is 4.98 Å². The molecule has 146 valence electrons. The summed E-state index contributed by atoms with van der Waals surface area (Å²) in [6.45, 7) is 3.09. The standard InChI is InChI=1S/C22H24N2O3S/c1-3-4-13-27-20-8-6-5-7-19(20)21(25)23-14-17-15-28-22(24-17)16-9-11-18(26-2)12-10-16/h5-12,15H,3-4,13-14H2,1-2H3,(H,23,25). The largest absolute Gasteiger partial charge is 0.497 e. The smallest absolute Gasteiger partial charge is 0.255 e. The molecule has 0 aliphatic heterocycles. The first-order chi connectivity index (χ1) is 13.7. The van der Waals surface area contributed by atoms with Crippen molar-refractivity contribution in [1.29, 1.82) is 0 Å². The van der Waals surface area contributed by atoms with Crippen LogP contribution in [0.1, 0.15) is 35.8 Å². The van der Waals surface area contributed by atoms with E-state index in [0.29, 0.717) is 24.5 Å². The van der Waals surface area contributed by atoms with E-state index in [1.165, 1.54) is 0 Å². The summed E-state index contributed by atoms with van der Waals surface area (Å²) >= 11 is 1.55. The van der Waals surface area contributed by atoms with Gasteiger partial charge in [0.05, 0.1) is 31.5 Å². The number of thiazole rings is 1. The van der Waals surface area contributed by atoms with E-state index in [4.69, 9.17) is 9.47 Å². The molecule has 1 heterocycles. The van der Waals surface area contributed by atoms with Crippen LogP contribution < -0.4 is 14.8 Å². The van der Waals surface area contributed by atoms with Gasteiger partial charge in [0.1, 0.15) is 16.5 Å². The Balaban J connectivity index is 1.61. The summed E-state index contributed by atoms with van der Waals surface area (Å²) in [6.07, 6.45) is 2.01. The van der Waals surface area contributed by atoms with Crippen LogP contribution >= 0.6 is 11.3 Å². The molecule has 0 saturated carbocycles. The summed E-state index contributed by atoms with van der Waals surface area (Å²) in [5.74, 6) is 1.27. The zero-order valence-electron chi connectivity index (χ0n) is 16.1. The van der Waals surface area contributed by atoms with Crippen LogP contribution in [0.5, 0.6) is 11.5 Å². The van der Waals surface area contributed by atoms with Crippen LogP contribution in [0.3, 0.4) is 0 Å². The Morgan fingerprint density at radius 2 is 1.93 bits per heavy atom. The van der Waals surface area contributed by atoms with E-state index in [0.717, 1.165) is 34.9 Å². The summed E-state index contributed by atoms with van der Waals surface area (Å²) in [7, 11) is 1.65. The number of unbranched alkanes of at least 4 members (excludes halogenated alkanes) is 1. The highest BCUT2D eigenvalue weighted by Gasteiger charge is 2.13. The van der Waals surface area contributed by atoms with E-state index < -0.39 is 0 Å². The summed E-state index contributed by atoms with van der Waals surface area (Å²) in [5.41, 5.74) is 2.40. The van der Waals surface area contributed by atoms with E-state index in [9.17, 15) is 4.79 Å². The number of aromatic nitrogens is 1. The van der Waals surface area contributed by atoms with Crippen LogP contribution in [0.15, 0.2) is 53.9 Å². The number of carbonyl (C=O) groups is 1. The van der Waals surface area contributed by atoms with Gasteiger partial charge < -0.3 is 14.8 Å². The maximum absolute atomic E-state index is 12.6. The highest BCUT2D eigenvalue weighted by Crippen LogP contribution is 2.26. The molecule has 0 spiro atoms. The van der Waals surface area contributed by atoms with E-state index in [-0.39, 0.29) is 5.91 Å². The quantitative estimate of drug-likeness (QED) is 0.521. The van der Waals surface area contributed by atoms with Crippen molar-refractivity contribution in [2.24, 2.45) is 0 Å². The zero-order valence-corrected chi connectivity index (χ0v) is 16.9. The predicted octanol–water partition coefficient (Wildman–Crippen LogP) is 4.93. The van der Waals surface area contributed by atoms with Crippen molar-refractivity contribution >= 4 is 17.2 Å². The third-order valence-corrected chi connectivity index (χ3v) is 5.15. The van der Waals surface area contributed by atoms with Gasteiger partial charge in [-0.15, -0.1) is 11.3 Å². The molecule has 0 atom stereocenters. The van der Waals surface area contributed by atoms with Gasteiger partial charge in [0, 0.05) is 10.9 Å². The SMILES string of the molecule is CCCCOc1ccccc1C(=O)NCc1csc(-c2ccc(OC)cc2)n1. The van der Waals surface area contributed by atoms with Gasteiger partial charge in [0.15, 0.2) is 0 Å². The number of hydrogen-bond donors (Lipinski definition) is 1. The number of ether oxygens (including phenoxy) is 2. The molecule has 5 nitrogen and oxygen atoms in total. The predicted molar refractivity (Wildman–Crippen MR) is 112 cm³/mol. The van der Waals surface area contributed by atoms with Crippen LogP contribution in [0, 0.1) is 0 Å². The Morgan fingerprint density at radius 3 is 2.68 bits per heavy atom. The van der Waals surface area contributed by atoms with E-state index >= 15 is 0 Å². The molecule has 0 fully saturated rings. The van der Waals surface area contributed by atoms with E-state index in [1.54, 1.807) is 24.5 Å². The van der Waals surface area contributed by atoms with Gasteiger partial charge in [-0.3, -0.25) is 4.79 Å². The molecule has 6 heteroatoms. The van der Waals surface area contributed by atoms with E-state index in [1.807, 2.05) is 47.8 Å². The molecule has 0 saturated heterocycles. The van der Waals surface area contributed by atoms with E-state index in [2.05, 4.69) is 17.2 Å². The number of rotatable bonds is 9. The Morgan fingerprint density at radius 1 is 1.14 bits per heavy atom. The Bertz CT molecular complexity index is 906. The van der Waals surface area contributed by atoms with Gasteiger partial charge in [-0.2, -0.15) is 0 Å². The molecule has 0 aliphatic carbocycles. The molecule has 1 aromatic heterocycles. The second-order valence-corrected chi connectivity index (χ2v) is 7.11. The van der Waals surface area contributed by atoms with Crippen LogP contribution in [-0.2, 0) is 6.54 Å². The van der Waals surface area contributed by atoms with Gasteiger partial charge in [-0.1, -0.05) is 25.5 Å². The highest BCUT2D eigenvalue weighted by molar-refractivity contribution is 7.13. The summed E-state index contributed by atoms with van der Waals surface area (Å²) < 4.78 is 10.9. The summed E-state index contributed by atoms with van der Waals surface area (Å²) in [4.78, 5) is 17.2. The Hall–Kier alpha value is -2.86. The molecule has 0 bridgehead atoms. The molecule has 1 amide bonds. The number of methoxy groups -OCH3 is 1. The average Bonchev–Trinajstić information content (AvgIpc) is 3.22. The topological polar surface area (TPSA) is 60.5 Å². The molecule has 0 radical (unpaired) electrons. The molecule has 1 N–H and O–H groups in total. The molecule has 28 heavy (non-hydrogen) atoms. The van der Waals surface area contributed by atoms with Crippen LogP contribution in [0.4, 0.5) is 0 Å². The van der Waals surface area contributed by atoms with Gasteiger partial charge >= 0.3 is 0 Å². The van der Waals surface area contributed by atoms with Crippen LogP contribution in [0.25, 0.3) is 10.6 Å². The fraction of sp³-hybridized carbons (Fsp3) is 0.273. The van der Waals surface area contributed by atoms with Crippen molar-refractivity contribution in [3.8, 4) is 22.1 Å². The molecule has 2 aromatic carbocycles. The fourth-order valence-corrected chi connectivity index (χ4v) is 3.45. The molecular formula is C22H24N2O3S. The van der Waals surface area contributed by atoms with Gasteiger partial charge in [0.25, 0.3) is 5.91 Å². The van der Waals surface area contributed by atoms with Crippen molar-refractivity contribution in [3.63, 3.8) is 0 Å². The maximum Gasteiger partial charge on any atom is 0.255 e. The van der Waals surface area contributed by atoms with Gasteiger partial charge in [0.2, 0.25) is 0 Å². The minimum absolute atomic E-state index is 0.161.